The number of anilines is 2. The van der Waals surface area contributed by atoms with Crippen molar-refractivity contribution in [2.24, 2.45) is 0 Å². The molecule has 0 unspecified atom stereocenters. The van der Waals surface area contributed by atoms with E-state index in [1.165, 1.54) is 11.3 Å². The van der Waals surface area contributed by atoms with Crippen LogP contribution in [0.25, 0.3) is 21.7 Å². The third-order valence-corrected chi connectivity index (χ3v) is 5.31. The lowest BCUT2D eigenvalue weighted by atomic mass is 10.1. The molecule has 0 aliphatic carbocycles. The summed E-state index contributed by atoms with van der Waals surface area (Å²) in [6, 6.07) is 20.3. The molecular formula is C22H18N4O2S. The summed E-state index contributed by atoms with van der Waals surface area (Å²) in [5.41, 5.74) is 9.00. The Labute approximate surface area is 172 Å². The van der Waals surface area contributed by atoms with Gasteiger partial charge in [-0.1, -0.05) is 29.5 Å². The van der Waals surface area contributed by atoms with Gasteiger partial charge in [0.1, 0.15) is 11.6 Å². The molecule has 29 heavy (non-hydrogen) atoms. The fraction of sp³-hybridized carbons (Fsp3) is 0.0455. The van der Waals surface area contributed by atoms with Crippen molar-refractivity contribution >= 4 is 28.2 Å². The van der Waals surface area contributed by atoms with Gasteiger partial charge in [0, 0.05) is 17.3 Å². The highest BCUT2D eigenvalue weighted by molar-refractivity contribution is 7.19. The number of nitrogens with zero attached hydrogens (tertiary/aromatic N) is 2. The molecule has 4 aromatic rings. The Hall–Kier alpha value is -3.71. The summed E-state index contributed by atoms with van der Waals surface area (Å²) in [5.74, 6) is 0.976. The Kier molecular flexibility index (Phi) is 5.22. The number of carbonyl (C=O) groups is 1. The van der Waals surface area contributed by atoms with Crippen LogP contribution in [0, 0.1) is 0 Å². The van der Waals surface area contributed by atoms with Crippen LogP contribution in [0.4, 0.5) is 10.9 Å². The van der Waals surface area contributed by atoms with E-state index in [1.807, 2.05) is 48.5 Å². The van der Waals surface area contributed by atoms with E-state index >= 15 is 0 Å². The lowest BCUT2D eigenvalue weighted by molar-refractivity contribution is 0.102. The van der Waals surface area contributed by atoms with Crippen molar-refractivity contribution in [1.82, 2.24) is 9.97 Å². The number of aromatic nitrogens is 2. The normalized spacial score (nSPS) is 10.5. The molecular weight excluding hydrogens is 384 g/mol. The van der Waals surface area contributed by atoms with E-state index in [9.17, 15) is 4.79 Å². The fourth-order valence-electron chi connectivity index (χ4n) is 2.86. The standard InChI is InChI=1S/C22H18N4O2S/c1-28-17-9-7-14(8-10-17)19-20(16-11-12-24-18(23)13-16)29-22(25-19)26-21(27)15-5-3-2-4-6-15/h2-13H,1H3,(H2,23,24)(H,25,26,27). The Morgan fingerprint density at radius 2 is 1.79 bits per heavy atom. The summed E-state index contributed by atoms with van der Waals surface area (Å²) in [6.07, 6.45) is 1.66. The molecule has 0 bridgehead atoms. The zero-order valence-electron chi connectivity index (χ0n) is 15.6. The van der Waals surface area contributed by atoms with Gasteiger partial charge in [-0.3, -0.25) is 10.1 Å². The van der Waals surface area contributed by atoms with Crippen LogP contribution < -0.4 is 15.8 Å². The van der Waals surface area contributed by atoms with E-state index in [4.69, 9.17) is 15.5 Å². The Morgan fingerprint density at radius 1 is 1.03 bits per heavy atom. The van der Waals surface area contributed by atoms with Gasteiger partial charge < -0.3 is 10.5 Å². The molecule has 0 saturated heterocycles. The number of methoxy groups -OCH3 is 1. The monoisotopic (exact) mass is 402 g/mol. The number of nitrogen functional groups attached to an aromatic ring is 1. The van der Waals surface area contributed by atoms with E-state index in [0.717, 1.165) is 27.4 Å². The summed E-state index contributed by atoms with van der Waals surface area (Å²) in [4.78, 5) is 22.2. The number of hydrogen-bond acceptors (Lipinski definition) is 6. The largest absolute Gasteiger partial charge is 0.497 e. The van der Waals surface area contributed by atoms with Crippen LogP contribution in [0.15, 0.2) is 72.9 Å². The maximum Gasteiger partial charge on any atom is 0.257 e. The minimum atomic E-state index is -0.207. The topological polar surface area (TPSA) is 90.1 Å². The second-order valence-corrected chi connectivity index (χ2v) is 7.21. The fourth-order valence-corrected chi connectivity index (χ4v) is 3.84. The molecule has 0 saturated carbocycles. The molecule has 0 radical (unpaired) electrons. The predicted octanol–water partition coefficient (Wildman–Crippen LogP) is 4.72. The van der Waals surface area contributed by atoms with Gasteiger partial charge in [0.25, 0.3) is 5.91 Å². The number of ether oxygens (including phenoxy) is 1. The Balaban J connectivity index is 1.75. The average Bonchev–Trinajstić information content (AvgIpc) is 3.18. The number of nitrogens with two attached hydrogens (primary N) is 1. The number of rotatable bonds is 5. The Morgan fingerprint density at radius 3 is 2.48 bits per heavy atom. The van der Waals surface area contributed by atoms with Gasteiger partial charge in [-0.2, -0.15) is 0 Å². The number of carbonyl (C=O) groups excluding carboxylic acids is 1. The number of amides is 1. The van der Waals surface area contributed by atoms with E-state index in [0.29, 0.717) is 16.5 Å². The molecule has 3 N–H and O–H groups in total. The highest BCUT2D eigenvalue weighted by Crippen LogP contribution is 2.39. The smallest absolute Gasteiger partial charge is 0.257 e. The maximum atomic E-state index is 12.6. The van der Waals surface area contributed by atoms with Crippen LogP contribution in [0.1, 0.15) is 10.4 Å². The lowest BCUT2D eigenvalue weighted by Gasteiger charge is -2.05. The molecule has 1 amide bonds. The van der Waals surface area contributed by atoms with Crippen LogP contribution in [0.3, 0.4) is 0 Å². The number of nitrogens with one attached hydrogen (secondary N) is 1. The first-order valence-corrected chi connectivity index (χ1v) is 9.69. The molecule has 2 aromatic heterocycles. The molecule has 0 fully saturated rings. The summed E-state index contributed by atoms with van der Waals surface area (Å²) in [6.45, 7) is 0. The van der Waals surface area contributed by atoms with Crippen molar-refractivity contribution in [2.75, 3.05) is 18.2 Å². The van der Waals surface area contributed by atoms with Crippen LogP contribution in [-0.4, -0.2) is 23.0 Å². The van der Waals surface area contributed by atoms with Gasteiger partial charge >= 0.3 is 0 Å². The number of thiazole rings is 1. The van der Waals surface area contributed by atoms with Crippen LogP contribution in [-0.2, 0) is 0 Å². The zero-order valence-corrected chi connectivity index (χ0v) is 16.4. The van der Waals surface area contributed by atoms with E-state index in [1.54, 1.807) is 31.5 Å². The van der Waals surface area contributed by atoms with Gasteiger partial charge in [-0.15, -0.1) is 0 Å². The van der Waals surface area contributed by atoms with Crippen molar-refractivity contribution in [3.05, 3.63) is 78.5 Å². The lowest BCUT2D eigenvalue weighted by Crippen LogP contribution is -2.11. The molecule has 2 aromatic carbocycles. The average molecular weight is 402 g/mol. The molecule has 7 heteroatoms. The van der Waals surface area contributed by atoms with Gasteiger partial charge in [0.2, 0.25) is 0 Å². The van der Waals surface area contributed by atoms with E-state index < -0.39 is 0 Å². The molecule has 0 aliphatic heterocycles. The first kappa shape index (κ1) is 18.6. The molecule has 0 atom stereocenters. The molecule has 0 aliphatic rings. The zero-order chi connectivity index (χ0) is 20.2. The number of hydrogen-bond donors (Lipinski definition) is 2. The first-order chi connectivity index (χ1) is 14.1. The molecule has 2 heterocycles. The quantitative estimate of drug-likeness (QED) is 0.504. The molecule has 144 valence electrons. The molecule has 0 spiro atoms. The first-order valence-electron chi connectivity index (χ1n) is 8.87. The van der Waals surface area contributed by atoms with Crippen LogP contribution in [0.2, 0.25) is 0 Å². The minimum absolute atomic E-state index is 0.207. The minimum Gasteiger partial charge on any atom is -0.497 e. The van der Waals surface area contributed by atoms with Gasteiger partial charge in [0.15, 0.2) is 5.13 Å². The summed E-state index contributed by atoms with van der Waals surface area (Å²) >= 11 is 1.39. The summed E-state index contributed by atoms with van der Waals surface area (Å²) in [5, 5.41) is 3.40. The highest BCUT2D eigenvalue weighted by Gasteiger charge is 2.17. The van der Waals surface area contributed by atoms with Gasteiger partial charge in [-0.25, -0.2) is 9.97 Å². The maximum absolute atomic E-state index is 12.6. The highest BCUT2D eigenvalue weighted by atomic mass is 32.1. The SMILES string of the molecule is COc1ccc(-c2nc(NC(=O)c3ccccc3)sc2-c2ccnc(N)c2)cc1. The van der Waals surface area contributed by atoms with Crippen LogP contribution >= 0.6 is 11.3 Å². The Bertz CT molecular complexity index is 1140. The van der Waals surface area contributed by atoms with Crippen LogP contribution in [0.5, 0.6) is 5.75 Å². The van der Waals surface area contributed by atoms with Gasteiger partial charge in [0.05, 0.1) is 17.7 Å². The second kappa shape index (κ2) is 8.12. The molecule has 6 nitrogen and oxygen atoms in total. The third-order valence-electron chi connectivity index (χ3n) is 4.29. The third kappa shape index (κ3) is 4.09. The van der Waals surface area contributed by atoms with Gasteiger partial charge in [-0.05, 0) is 54.1 Å². The van der Waals surface area contributed by atoms with Crippen molar-refractivity contribution in [3.8, 4) is 27.4 Å². The number of pyridine rings is 1. The summed E-state index contributed by atoms with van der Waals surface area (Å²) < 4.78 is 5.24. The van der Waals surface area contributed by atoms with E-state index in [2.05, 4.69) is 10.3 Å². The van der Waals surface area contributed by atoms with Crippen molar-refractivity contribution in [3.63, 3.8) is 0 Å². The predicted molar refractivity (Wildman–Crippen MR) is 116 cm³/mol. The second-order valence-electron chi connectivity index (χ2n) is 6.21. The summed E-state index contributed by atoms with van der Waals surface area (Å²) in [7, 11) is 1.63. The van der Waals surface area contributed by atoms with Crippen molar-refractivity contribution in [1.29, 1.82) is 0 Å². The number of benzene rings is 2. The molecule has 4 rings (SSSR count). The van der Waals surface area contributed by atoms with E-state index in [-0.39, 0.29) is 5.91 Å². The van der Waals surface area contributed by atoms with Crippen molar-refractivity contribution in [2.45, 2.75) is 0 Å². The van der Waals surface area contributed by atoms with Crippen molar-refractivity contribution < 1.29 is 9.53 Å².